The molecule has 0 unspecified atom stereocenters. The van der Waals surface area contributed by atoms with Crippen molar-refractivity contribution >= 4 is 17.3 Å². The summed E-state index contributed by atoms with van der Waals surface area (Å²) in [6.45, 7) is 2.04. The second-order valence-electron chi connectivity index (χ2n) is 3.95. The van der Waals surface area contributed by atoms with Crippen molar-refractivity contribution in [1.82, 2.24) is 0 Å². The van der Waals surface area contributed by atoms with Crippen molar-refractivity contribution in [2.45, 2.75) is 26.2 Å². The Morgan fingerprint density at radius 3 is 2.44 bits per heavy atom. The topological polar surface area (TPSA) is 73.6 Å². The van der Waals surface area contributed by atoms with Crippen LogP contribution in [0.4, 0.5) is 11.4 Å². The molecule has 1 aromatic carbocycles. The van der Waals surface area contributed by atoms with E-state index in [1.807, 2.05) is 6.92 Å². The van der Waals surface area contributed by atoms with Crippen LogP contribution < -0.4 is 20.5 Å². The molecule has 0 saturated carbocycles. The summed E-state index contributed by atoms with van der Waals surface area (Å²) in [7, 11) is 3.08. The number of nitrogens with two attached hydrogens (primary N) is 1. The first kappa shape index (κ1) is 14.2. The van der Waals surface area contributed by atoms with Crippen molar-refractivity contribution in [3.05, 3.63) is 12.1 Å². The average Bonchev–Trinajstić information content (AvgIpc) is 2.38. The molecule has 1 amide bonds. The number of methoxy groups -OCH3 is 2. The molecule has 0 fully saturated rings. The van der Waals surface area contributed by atoms with E-state index in [9.17, 15) is 4.79 Å². The quantitative estimate of drug-likeness (QED) is 0.762. The van der Waals surface area contributed by atoms with Gasteiger partial charge in [0.15, 0.2) is 11.5 Å². The number of carbonyl (C=O) groups is 1. The maximum atomic E-state index is 11.6. The third-order valence-electron chi connectivity index (χ3n) is 2.59. The van der Waals surface area contributed by atoms with E-state index in [0.717, 1.165) is 12.8 Å². The molecule has 18 heavy (non-hydrogen) atoms. The number of hydrogen-bond acceptors (Lipinski definition) is 4. The highest BCUT2D eigenvalue weighted by atomic mass is 16.5. The molecular weight excluding hydrogens is 232 g/mol. The monoisotopic (exact) mass is 252 g/mol. The molecule has 0 bridgehead atoms. The van der Waals surface area contributed by atoms with Crippen LogP contribution in [-0.2, 0) is 4.79 Å². The number of anilines is 2. The van der Waals surface area contributed by atoms with Gasteiger partial charge in [0.2, 0.25) is 5.91 Å². The van der Waals surface area contributed by atoms with E-state index in [4.69, 9.17) is 15.2 Å². The Labute approximate surface area is 107 Å². The standard InChI is InChI=1S/C13H20N2O3/c1-4-5-6-13(16)15-10-8-12(18-3)11(17-2)7-9(10)14/h7-8H,4-6,14H2,1-3H3,(H,15,16). The molecule has 0 saturated heterocycles. The molecule has 5 nitrogen and oxygen atoms in total. The Bertz CT molecular complexity index is 419. The van der Waals surface area contributed by atoms with E-state index in [0.29, 0.717) is 29.3 Å². The molecule has 0 aliphatic carbocycles. The molecule has 0 radical (unpaired) electrons. The van der Waals surface area contributed by atoms with Gasteiger partial charge in [0, 0.05) is 18.6 Å². The van der Waals surface area contributed by atoms with Gasteiger partial charge in [-0.05, 0) is 6.42 Å². The highest BCUT2D eigenvalue weighted by molar-refractivity contribution is 5.94. The van der Waals surface area contributed by atoms with E-state index in [1.165, 1.54) is 14.2 Å². The zero-order valence-electron chi connectivity index (χ0n) is 11.1. The van der Waals surface area contributed by atoms with Gasteiger partial charge in [0.1, 0.15) is 0 Å². The Morgan fingerprint density at radius 2 is 1.89 bits per heavy atom. The second-order valence-corrected chi connectivity index (χ2v) is 3.95. The third kappa shape index (κ3) is 3.55. The summed E-state index contributed by atoms with van der Waals surface area (Å²) >= 11 is 0. The number of rotatable bonds is 6. The lowest BCUT2D eigenvalue weighted by Crippen LogP contribution is -2.12. The van der Waals surface area contributed by atoms with Gasteiger partial charge in [-0.3, -0.25) is 4.79 Å². The minimum atomic E-state index is -0.0456. The van der Waals surface area contributed by atoms with Crippen LogP contribution in [0.5, 0.6) is 11.5 Å². The van der Waals surface area contributed by atoms with Gasteiger partial charge < -0.3 is 20.5 Å². The fourth-order valence-electron chi connectivity index (χ4n) is 1.55. The van der Waals surface area contributed by atoms with Crippen LogP contribution in [0.2, 0.25) is 0 Å². The van der Waals surface area contributed by atoms with Crippen molar-refractivity contribution in [2.75, 3.05) is 25.3 Å². The van der Waals surface area contributed by atoms with Gasteiger partial charge in [-0.15, -0.1) is 0 Å². The number of ether oxygens (including phenoxy) is 2. The Kier molecular flexibility index (Phi) is 5.30. The number of hydrogen-bond donors (Lipinski definition) is 2. The summed E-state index contributed by atoms with van der Waals surface area (Å²) < 4.78 is 10.3. The zero-order valence-corrected chi connectivity index (χ0v) is 11.1. The van der Waals surface area contributed by atoms with Gasteiger partial charge in [-0.25, -0.2) is 0 Å². The first-order chi connectivity index (χ1) is 8.62. The minimum Gasteiger partial charge on any atom is -0.493 e. The zero-order chi connectivity index (χ0) is 13.5. The molecule has 0 aromatic heterocycles. The largest absolute Gasteiger partial charge is 0.493 e. The van der Waals surface area contributed by atoms with E-state index in [-0.39, 0.29) is 5.91 Å². The molecular formula is C13H20N2O3. The van der Waals surface area contributed by atoms with Crippen molar-refractivity contribution in [2.24, 2.45) is 0 Å². The highest BCUT2D eigenvalue weighted by Crippen LogP contribution is 2.34. The first-order valence-corrected chi connectivity index (χ1v) is 5.93. The minimum absolute atomic E-state index is 0.0456. The number of benzene rings is 1. The molecule has 0 spiro atoms. The van der Waals surface area contributed by atoms with Crippen molar-refractivity contribution in [1.29, 1.82) is 0 Å². The molecule has 3 N–H and O–H groups in total. The van der Waals surface area contributed by atoms with Crippen LogP contribution in [-0.4, -0.2) is 20.1 Å². The van der Waals surface area contributed by atoms with Gasteiger partial charge in [0.05, 0.1) is 25.6 Å². The summed E-state index contributed by atoms with van der Waals surface area (Å²) in [5.74, 6) is 1.04. The first-order valence-electron chi connectivity index (χ1n) is 5.93. The van der Waals surface area contributed by atoms with Crippen LogP contribution >= 0.6 is 0 Å². The second kappa shape index (κ2) is 6.74. The van der Waals surface area contributed by atoms with Gasteiger partial charge in [-0.1, -0.05) is 13.3 Å². The van der Waals surface area contributed by atoms with E-state index in [2.05, 4.69) is 5.32 Å². The van der Waals surface area contributed by atoms with Crippen LogP contribution in [0.15, 0.2) is 12.1 Å². The van der Waals surface area contributed by atoms with Crippen molar-refractivity contribution in [3.8, 4) is 11.5 Å². The molecule has 1 rings (SSSR count). The van der Waals surface area contributed by atoms with E-state index in [1.54, 1.807) is 12.1 Å². The summed E-state index contributed by atoms with van der Waals surface area (Å²) in [5.41, 5.74) is 6.85. The molecule has 0 heterocycles. The lowest BCUT2D eigenvalue weighted by Gasteiger charge is -2.13. The van der Waals surface area contributed by atoms with Crippen LogP contribution in [0.25, 0.3) is 0 Å². The van der Waals surface area contributed by atoms with E-state index >= 15 is 0 Å². The Hall–Kier alpha value is -1.91. The third-order valence-corrected chi connectivity index (χ3v) is 2.59. The maximum Gasteiger partial charge on any atom is 0.224 e. The van der Waals surface area contributed by atoms with Gasteiger partial charge >= 0.3 is 0 Å². The molecule has 5 heteroatoms. The smallest absolute Gasteiger partial charge is 0.224 e. The molecule has 0 aliphatic rings. The predicted molar refractivity (Wildman–Crippen MR) is 72.1 cm³/mol. The summed E-state index contributed by atoms with van der Waals surface area (Å²) in [6.07, 6.45) is 2.33. The Balaban J connectivity index is 2.85. The molecule has 0 atom stereocenters. The number of amides is 1. The van der Waals surface area contributed by atoms with E-state index < -0.39 is 0 Å². The summed E-state index contributed by atoms with van der Waals surface area (Å²) in [6, 6.07) is 3.30. The summed E-state index contributed by atoms with van der Waals surface area (Å²) in [5, 5.41) is 2.77. The van der Waals surface area contributed by atoms with Crippen molar-refractivity contribution < 1.29 is 14.3 Å². The predicted octanol–water partition coefficient (Wildman–Crippen LogP) is 2.41. The van der Waals surface area contributed by atoms with Gasteiger partial charge in [0.25, 0.3) is 0 Å². The lowest BCUT2D eigenvalue weighted by molar-refractivity contribution is -0.116. The fourth-order valence-corrected chi connectivity index (χ4v) is 1.55. The van der Waals surface area contributed by atoms with Crippen LogP contribution in [0.3, 0.4) is 0 Å². The summed E-state index contributed by atoms with van der Waals surface area (Å²) in [4.78, 5) is 11.6. The molecule has 0 aliphatic heterocycles. The van der Waals surface area contributed by atoms with Crippen LogP contribution in [0.1, 0.15) is 26.2 Å². The van der Waals surface area contributed by atoms with Crippen LogP contribution in [0, 0.1) is 0 Å². The highest BCUT2D eigenvalue weighted by Gasteiger charge is 2.11. The lowest BCUT2D eigenvalue weighted by atomic mass is 10.2. The average molecular weight is 252 g/mol. The number of carbonyl (C=O) groups excluding carboxylic acids is 1. The van der Waals surface area contributed by atoms with Crippen molar-refractivity contribution in [3.63, 3.8) is 0 Å². The Morgan fingerprint density at radius 1 is 1.28 bits per heavy atom. The van der Waals surface area contributed by atoms with Gasteiger partial charge in [-0.2, -0.15) is 0 Å². The number of nitrogens with one attached hydrogen (secondary N) is 1. The normalized spacial score (nSPS) is 9.94. The number of nitrogen functional groups attached to an aromatic ring is 1. The fraction of sp³-hybridized carbons (Fsp3) is 0.462. The molecule has 100 valence electrons. The SMILES string of the molecule is CCCCC(=O)Nc1cc(OC)c(OC)cc1N. The number of unbranched alkanes of at least 4 members (excludes halogenated alkanes) is 1. The molecule has 1 aromatic rings. The maximum absolute atomic E-state index is 11.6.